The van der Waals surface area contributed by atoms with Crippen molar-refractivity contribution >= 4 is 26.4 Å². The molecular weight excluding hydrogens is 243 g/mol. The van der Waals surface area contributed by atoms with Crippen LogP contribution >= 0.6 is 22.6 Å². The van der Waals surface area contributed by atoms with Crippen LogP contribution in [0.4, 0.5) is 0 Å². The summed E-state index contributed by atoms with van der Waals surface area (Å²) in [5.41, 5.74) is 0. The zero-order valence-corrected chi connectivity index (χ0v) is 7.87. The van der Waals surface area contributed by atoms with Crippen LogP contribution in [0, 0.1) is 5.92 Å². The number of carbonyl (C=O) groups excluding carboxylic acids is 1. The molecule has 2 nitrogen and oxygen atoms in total. The van der Waals surface area contributed by atoms with E-state index in [9.17, 15) is 4.79 Å². The van der Waals surface area contributed by atoms with E-state index in [4.69, 9.17) is 5.11 Å². The number of aliphatic hydroxyl groups excluding tert-OH is 1. The molecule has 1 aliphatic carbocycles. The lowest BCUT2D eigenvalue weighted by Crippen LogP contribution is -2.21. The normalized spacial score (nSPS) is 33.8. The van der Waals surface area contributed by atoms with Crippen molar-refractivity contribution in [2.75, 3.05) is 0 Å². The van der Waals surface area contributed by atoms with Gasteiger partial charge in [-0.25, -0.2) is 0 Å². The van der Waals surface area contributed by atoms with Crippen molar-refractivity contribution < 1.29 is 9.90 Å². The summed E-state index contributed by atoms with van der Waals surface area (Å²) < 4.78 is 0.254. The number of rotatable bonds is 1. The molecule has 0 aromatic heterocycles. The zero-order valence-electron chi connectivity index (χ0n) is 5.72. The van der Waals surface area contributed by atoms with Crippen LogP contribution in [0.5, 0.6) is 0 Å². The molecule has 0 unspecified atom stereocenters. The minimum atomic E-state index is -0.146. The molecule has 0 saturated heterocycles. The maximum absolute atomic E-state index is 10.8. The maximum atomic E-state index is 10.8. The lowest BCUT2D eigenvalue weighted by atomic mass is 9.89. The quantitative estimate of drug-likeness (QED) is 0.568. The van der Waals surface area contributed by atoms with E-state index < -0.39 is 0 Å². The summed E-state index contributed by atoms with van der Waals surface area (Å²) in [6.07, 6.45) is 3.22. The first-order chi connectivity index (χ1) is 4.70. The summed E-state index contributed by atoms with van der Waals surface area (Å²) in [5, 5.41) is 9.09. The molecule has 1 fully saturated rings. The highest BCUT2D eigenvalue weighted by atomic mass is 127. The molecule has 1 aliphatic rings. The molecule has 1 N–H and O–H groups in total. The van der Waals surface area contributed by atoms with Gasteiger partial charge in [0.2, 0.25) is 0 Å². The SMILES string of the molecule is O=C(I)C1CCC(O)CC1. The van der Waals surface area contributed by atoms with Crippen LogP contribution in [-0.4, -0.2) is 15.0 Å². The first kappa shape index (κ1) is 8.46. The molecule has 0 spiro atoms. The van der Waals surface area contributed by atoms with Crippen molar-refractivity contribution in [3.05, 3.63) is 0 Å². The molecule has 0 bridgehead atoms. The average Bonchev–Trinajstić information content (AvgIpc) is 1.88. The minimum Gasteiger partial charge on any atom is -0.393 e. The fourth-order valence-corrected chi connectivity index (χ4v) is 1.93. The van der Waals surface area contributed by atoms with Crippen LogP contribution in [0.15, 0.2) is 0 Å². The molecule has 0 radical (unpaired) electrons. The molecule has 10 heavy (non-hydrogen) atoms. The Morgan fingerprint density at radius 1 is 1.30 bits per heavy atom. The monoisotopic (exact) mass is 254 g/mol. The second-order valence-electron chi connectivity index (χ2n) is 2.81. The molecule has 0 aromatic carbocycles. The van der Waals surface area contributed by atoms with Gasteiger partial charge in [-0.3, -0.25) is 4.79 Å². The first-order valence-corrected chi connectivity index (χ1v) is 4.65. The lowest BCUT2D eigenvalue weighted by molar-refractivity contribution is -0.114. The largest absolute Gasteiger partial charge is 0.393 e. The molecular formula is C7H11IO2. The van der Waals surface area contributed by atoms with Crippen LogP contribution in [0.1, 0.15) is 25.7 Å². The van der Waals surface area contributed by atoms with E-state index in [-0.39, 0.29) is 15.8 Å². The van der Waals surface area contributed by atoms with Gasteiger partial charge in [-0.05, 0) is 48.3 Å². The van der Waals surface area contributed by atoms with Gasteiger partial charge in [0.1, 0.15) is 0 Å². The van der Waals surface area contributed by atoms with Gasteiger partial charge in [0.25, 0.3) is 0 Å². The van der Waals surface area contributed by atoms with Crippen molar-refractivity contribution in [2.24, 2.45) is 5.92 Å². The van der Waals surface area contributed by atoms with Crippen molar-refractivity contribution in [3.8, 4) is 0 Å². The highest BCUT2D eigenvalue weighted by Crippen LogP contribution is 2.26. The lowest BCUT2D eigenvalue weighted by Gasteiger charge is -2.22. The zero-order chi connectivity index (χ0) is 7.56. The Morgan fingerprint density at radius 2 is 1.80 bits per heavy atom. The van der Waals surface area contributed by atoms with Crippen LogP contribution < -0.4 is 0 Å². The molecule has 1 rings (SSSR count). The number of hydrogen-bond donors (Lipinski definition) is 1. The number of hydrogen-bond acceptors (Lipinski definition) is 2. The van der Waals surface area contributed by atoms with E-state index >= 15 is 0 Å². The van der Waals surface area contributed by atoms with Gasteiger partial charge in [-0.1, -0.05) is 0 Å². The molecule has 0 aromatic rings. The van der Waals surface area contributed by atoms with Crippen molar-refractivity contribution in [1.29, 1.82) is 0 Å². The summed E-state index contributed by atoms with van der Waals surface area (Å²) in [6.45, 7) is 0. The molecule has 0 heterocycles. The smallest absolute Gasteiger partial charge is 0.195 e. The van der Waals surface area contributed by atoms with Gasteiger partial charge in [-0.15, -0.1) is 0 Å². The molecule has 58 valence electrons. The van der Waals surface area contributed by atoms with E-state index in [1.165, 1.54) is 0 Å². The Kier molecular flexibility index (Phi) is 3.10. The Bertz CT molecular complexity index is 128. The molecule has 3 heteroatoms. The third kappa shape index (κ3) is 2.20. The Balaban J connectivity index is 2.33. The summed E-state index contributed by atoms with van der Waals surface area (Å²) in [4.78, 5) is 10.8. The Hall–Kier alpha value is 0.360. The summed E-state index contributed by atoms with van der Waals surface area (Å²) in [5.74, 6) is 0.226. The van der Waals surface area contributed by atoms with Crippen molar-refractivity contribution in [3.63, 3.8) is 0 Å². The van der Waals surface area contributed by atoms with Crippen molar-refractivity contribution in [1.82, 2.24) is 0 Å². The predicted octanol–water partition coefficient (Wildman–Crippen LogP) is 1.50. The molecule has 0 atom stereocenters. The van der Waals surface area contributed by atoms with E-state index in [0.717, 1.165) is 25.7 Å². The number of halogens is 1. The van der Waals surface area contributed by atoms with E-state index in [0.29, 0.717) is 0 Å². The maximum Gasteiger partial charge on any atom is 0.195 e. The van der Waals surface area contributed by atoms with Crippen LogP contribution in [0.25, 0.3) is 0 Å². The van der Waals surface area contributed by atoms with Crippen LogP contribution in [-0.2, 0) is 4.79 Å². The van der Waals surface area contributed by atoms with Gasteiger partial charge in [-0.2, -0.15) is 0 Å². The second-order valence-corrected chi connectivity index (χ2v) is 3.87. The standard InChI is InChI=1S/C7H11IO2/c8-7(10)5-1-3-6(9)4-2-5/h5-6,9H,1-4H2. The van der Waals surface area contributed by atoms with Gasteiger partial charge in [0.05, 0.1) is 6.10 Å². The van der Waals surface area contributed by atoms with Gasteiger partial charge >= 0.3 is 0 Å². The third-order valence-corrected chi connectivity index (χ3v) is 2.90. The topological polar surface area (TPSA) is 37.3 Å². The Morgan fingerprint density at radius 3 is 2.20 bits per heavy atom. The van der Waals surface area contributed by atoms with Crippen LogP contribution in [0.3, 0.4) is 0 Å². The second kappa shape index (κ2) is 3.67. The van der Waals surface area contributed by atoms with Crippen molar-refractivity contribution in [2.45, 2.75) is 31.8 Å². The molecule has 1 saturated carbocycles. The van der Waals surface area contributed by atoms with Gasteiger partial charge in [0.15, 0.2) is 3.79 Å². The summed E-state index contributed by atoms with van der Waals surface area (Å²) >= 11 is 1.85. The summed E-state index contributed by atoms with van der Waals surface area (Å²) in [7, 11) is 0. The highest BCUT2D eigenvalue weighted by molar-refractivity contribution is 14.1. The first-order valence-electron chi connectivity index (χ1n) is 3.57. The van der Waals surface area contributed by atoms with E-state index in [1.54, 1.807) is 0 Å². The van der Waals surface area contributed by atoms with E-state index in [2.05, 4.69) is 0 Å². The number of aliphatic hydroxyl groups is 1. The van der Waals surface area contributed by atoms with Gasteiger partial charge in [0, 0.05) is 5.92 Å². The molecule has 0 aliphatic heterocycles. The highest BCUT2D eigenvalue weighted by Gasteiger charge is 2.22. The average molecular weight is 254 g/mol. The molecule has 0 amide bonds. The fraction of sp³-hybridized carbons (Fsp3) is 0.857. The minimum absolute atomic E-state index is 0.146. The van der Waals surface area contributed by atoms with Gasteiger partial charge < -0.3 is 5.11 Å². The number of carbonyl (C=O) groups is 1. The van der Waals surface area contributed by atoms with Crippen LogP contribution in [0.2, 0.25) is 0 Å². The summed E-state index contributed by atoms with van der Waals surface area (Å²) in [6, 6.07) is 0. The third-order valence-electron chi connectivity index (χ3n) is 2.02. The van der Waals surface area contributed by atoms with E-state index in [1.807, 2.05) is 22.6 Å². The fourth-order valence-electron chi connectivity index (χ4n) is 1.30. The Labute approximate surface area is 74.1 Å². The predicted molar refractivity (Wildman–Crippen MR) is 47.0 cm³/mol.